The van der Waals surface area contributed by atoms with Crippen LogP contribution in [0.3, 0.4) is 0 Å². The van der Waals surface area contributed by atoms with E-state index in [0.29, 0.717) is 18.0 Å². The molecule has 1 aromatic rings. The fourth-order valence-electron chi connectivity index (χ4n) is 2.33. The van der Waals surface area contributed by atoms with Crippen LogP contribution in [0, 0.1) is 0 Å². The van der Waals surface area contributed by atoms with E-state index in [0.717, 1.165) is 25.9 Å². The third-order valence-electron chi connectivity index (χ3n) is 3.21. The highest BCUT2D eigenvalue weighted by Crippen LogP contribution is 2.29. The maximum atomic E-state index is 12.4. The van der Waals surface area contributed by atoms with E-state index in [2.05, 4.69) is 14.6 Å². The quantitative estimate of drug-likeness (QED) is 0.825. The Hall–Kier alpha value is -1.43. The van der Waals surface area contributed by atoms with Crippen LogP contribution in [0.1, 0.15) is 24.8 Å². The highest BCUT2D eigenvalue weighted by atomic mass is 19.3. The SMILES string of the molecule is COc1nccc(OC(F)F)c1CN1CCCCC1. The number of hydrogen-bond acceptors (Lipinski definition) is 4. The van der Waals surface area contributed by atoms with Crippen molar-refractivity contribution in [2.24, 2.45) is 0 Å². The number of nitrogens with zero attached hydrogens (tertiary/aromatic N) is 2. The normalized spacial score (nSPS) is 16.6. The summed E-state index contributed by atoms with van der Waals surface area (Å²) in [6.45, 7) is -0.385. The van der Waals surface area contributed by atoms with Gasteiger partial charge in [-0.05, 0) is 32.0 Å². The lowest BCUT2D eigenvalue weighted by atomic mass is 10.1. The predicted octanol–water partition coefficient (Wildman–Crippen LogP) is 2.68. The summed E-state index contributed by atoms with van der Waals surface area (Å²) in [5.41, 5.74) is 0.590. The van der Waals surface area contributed by atoms with Crippen molar-refractivity contribution < 1.29 is 18.3 Å². The van der Waals surface area contributed by atoms with Crippen LogP contribution in [0.5, 0.6) is 11.6 Å². The van der Waals surface area contributed by atoms with Crippen molar-refractivity contribution in [1.29, 1.82) is 0 Å². The first-order valence-corrected chi connectivity index (χ1v) is 6.39. The Labute approximate surface area is 111 Å². The molecule has 0 radical (unpaired) electrons. The summed E-state index contributed by atoms with van der Waals surface area (Å²) in [7, 11) is 1.48. The molecule has 1 aromatic heterocycles. The van der Waals surface area contributed by atoms with Gasteiger partial charge in [0.2, 0.25) is 5.88 Å². The van der Waals surface area contributed by atoms with Gasteiger partial charge >= 0.3 is 6.61 Å². The summed E-state index contributed by atoms with van der Waals surface area (Å²) in [5.74, 6) is 0.496. The number of methoxy groups -OCH3 is 1. The molecule has 0 saturated carbocycles. The molecule has 106 valence electrons. The van der Waals surface area contributed by atoms with Gasteiger partial charge in [-0.3, -0.25) is 4.90 Å². The fraction of sp³-hybridized carbons (Fsp3) is 0.615. The molecule has 0 amide bonds. The second kappa shape index (κ2) is 6.65. The molecule has 1 aliphatic heterocycles. The monoisotopic (exact) mass is 272 g/mol. The standard InChI is InChI=1S/C13H18F2N2O2/c1-18-12-10(9-17-7-3-2-4-8-17)11(5-6-16-12)19-13(14)15/h5-6,13H,2-4,7-9H2,1H3. The van der Waals surface area contributed by atoms with Crippen LogP contribution in [0.25, 0.3) is 0 Å². The van der Waals surface area contributed by atoms with E-state index in [9.17, 15) is 8.78 Å². The number of ether oxygens (including phenoxy) is 2. The summed E-state index contributed by atoms with van der Waals surface area (Å²) < 4.78 is 34.5. The highest BCUT2D eigenvalue weighted by Gasteiger charge is 2.19. The molecular formula is C13H18F2N2O2. The lowest BCUT2D eigenvalue weighted by Crippen LogP contribution is -2.29. The Morgan fingerprint density at radius 2 is 2.05 bits per heavy atom. The second-order valence-corrected chi connectivity index (χ2v) is 4.51. The van der Waals surface area contributed by atoms with Gasteiger partial charge < -0.3 is 9.47 Å². The van der Waals surface area contributed by atoms with E-state index in [1.165, 1.54) is 25.8 Å². The number of likely N-dealkylation sites (tertiary alicyclic amines) is 1. The summed E-state index contributed by atoms with van der Waals surface area (Å²) in [4.78, 5) is 6.27. The summed E-state index contributed by atoms with van der Waals surface area (Å²) >= 11 is 0. The van der Waals surface area contributed by atoms with Crippen molar-refractivity contribution >= 4 is 0 Å². The van der Waals surface area contributed by atoms with Crippen LogP contribution in [-0.2, 0) is 6.54 Å². The van der Waals surface area contributed by atoms with E-state index in [4.69, 9.17) is 4.74 Å². The third-order valence-corrected chi connectivity index (χ3v) is 3.21. The van der Waals surface area contributed by atoms with Gasteiger partial charge in [0.15, 0.2) is 0 Å². The Bertz CT molecular complexity index is 410. The maximum absolute atomic E-state index is 12.4. The number of alkyl halides is 2. The second-order valence-electron chi connectivity index (χ2n) is 4.51. The number of rotatable bonds is 5. The lowest BCUT2D eigenvalue weighted by molar-refractivity contribution is -0.0510. The van der Waals surface area contributed by atoms with Crippen molar-refractivity contribution in [3.8, 4) is 11.6 Å². The smallest absolute Gasteiger partial charge is 0.387 e. The Kier molecular flexibility index (Phi) is 4.90. The molecule has 19 heavy (non-hydrogen) atoms. The molecule has 1 saturated heterocycles. The molecule has 0 aromatic carbocycles. The molecule has 0 aliphatic carbocycles. The summed E-state index contributed by atoms with van der Waals surface area (Å²) in [6.07, 6.45) is 4.90. The van der Waals surface area contributed by atoms with Crippen molar-refractivity contribution in [2.75, 3.05) is 20.2 Å². The highest BCUT2D eigenvalue weighted by molar-refractivity contribution is 5.39. The van der Waals surface area contributed by atoms with Crippen molar-refractivity contribution in [3.63, 3.8) is 0 Å². The van der Waals surface area contributed by atoms with Crippen LogP contribution < -0.4 is 9.47 Å². The molecule has 4 nitrogen and oxygen atoms in total. The number of halogens is 2. The summed E-state index contributed by atoms with van der Waals surface area (Å²) in [6, 6.07) is 1.45. The zero-order valence-corrected chi connectivity index (χ0v) is 10.9. The van der Waals surface area contributed by atoms with Gasteiger partial charge in [0.05, 0.1) is 12.7 Å². The van der Waals surface area contributed by atoms with E-state index in [1.54, 1.807) is 0 Å². The van der Waals surface area contributed by atoms with Gasteiger partial charge in [0.1, 0.15) is 5.75 Å². The molecule has 2 rings (SSSR count). The molecule has 6 heteroatoms. The average Bonchev–Trinajstić information content (AvgIpc) is 2.41. The molecule has 0 atom stereocenters. The van der Waals surface area contributed by atoms with Gasteiger partial charge in [0.25, 0.3) is 0 Å². The van der Waals surface area contributed by atoms with Crippen molar-refractivity contribution in [3.05, 3.63) is 17.8 Å². The zero-order valence-electron chi connectivity index (χ0n) is 10.9. The first-order valence-electron chi connectivity index (χ1n) is 6.39. The fourth-order valence-corrected chi connectivity index (χ4v) is 2.33. The predicted molar refractivity (Wildman–Crippen MR) is 66.5 cm³/mol. The molecule has 2 heterocycles. The average molecular weight is 272 g/mol. The lowest BCUT2D eigenvalue weighted by Gasteiger charge is -2.27. The number of pyridine rings is 1. The van der Waals surface area contributed by atoms with Gasteiger partial charge in [-0.25, -0.2) is 4.98 Å². The third kappa shape index (κ3) is 3.76. The molecule has 0 spiro atoms. The minimum atomic E-state index is -2.84. The van der Waals surface area contributed by atoms with Crippen LogP contribution >= 0.6 is 0 Å². The van der Waals surface area contributed by atoms with E-state index >= 15 is 0 Å². The number of aromatic nitrogens is 1. The molecule has 1 aliphatic rings. The maximum Gasteiger partial charge on any atom is 0.387 e. The first-order chi connectivity index (χ1) is 9.20. The minimum Gasteiger partial charge on any atom is -0.481 e. The minimum absolute atomic E-state index is 0.146. The van der Waals surface area contributed by atoms with Gasteiger partial charge in [0, 0.05) is 12.7 Å². The van der Waals surface area contributed by atoms with E-state index in [-0.39, 0.29) is 5.75 Å². The topological polar surface area (TPSA) is 34.6 Å². The molecule has 0 N–H and O–H groups in total. The Balaban J connectivity index is 2.18. The van der Waals surface area contributed by atoms with E-state index < -0.39 is 6.61 Å². The number of hydrogen-bond donors (Lipinski definition) is 0. The summed E-state index contributed by atoms with van der Waals surface area (Å²) in [5, 5.41) is 0. The van der Waals surface area contributed by atoms with Gasteiger partial charge in [-0.1, -0.05) is 6.42 Å². The van der Waals surface area contributed by atoms with Gasteiger partial charge in [-0.15, -0.1) is 0 Å². The van der Waals surface area contributed by atoms with Crippen molar-refractivity contribution in [1.82, 2.24) is 9.88 Å². The Morgan fingerprint density at radius 3 is 2.68 bits per heavy atom. The van der Waals surface area contributed by atoms with Crippen LogP contribution in [-0.4, -0.2) is 36.7 Å². The molecule has 1 fully saturated rings. The van der Waals surface area contributed by atoms with Crippen LogP contribution in [0.2, 0.25) is 0 Å². The van der Waals surface area contributed by atoms with E-state index in [1.807, 2.05) is 0 Å². The molecular weight excluding hydrogens is 254 g/mol. The van der Waals surface area contributed by atoms with Crippen LogP contribution in [0.15, 0.2) is 12.3 Å². The first kappa shape index (κ1) is 14.0. The molecule has 0 bridgehead atoms. The van der Waals surface area contributed by atoms with Crippen molar-refractivity contribution in [2.45, 2.75) is 32.4 Å². The molecule has 0 unspecified atom stereocenters. The Morgan fingerprint density at radius 1 is 1.32 bits per heavy atom. The van der Waals surface area contributed by atoms with Crippen LogP contribution in [0.4, 0.5) is 8.78 Å². The largest absolute Gasteiger partial charge is 0.481 e. The number of piperidine rings is 1. The zero-order chi connectivity index (χ0) is 13.7. The van der Waals surface area contributed by atoms with Gasteiger partial charge in [-0.2, -0.15) is 8.78 Å².